The molecule has 3 nitrogen and oxygen atoms in total. The molecule has 5 heteroatoms. The van der Waals surface area contributed by atoms with Crippen LogP contribution in [0.3, 0.4) is 0 Å². The van der Waals surface area contributed by atoms with Crippen molar-refractivity contribution in [2.24, 2.45) is 0 Å². The molecule has 2 aromatic carbocycles. The van der Waals surface area contributed by atoms with Gasteiger partial charge in [-0.15, -0.1) is 11.8 Å². The van der Waals surface area contributed by atoms with Gasteiger partial charge in [0.25, 0.3) is 0 Å². The molecule has 1 aliphatic carbocycles. The highest BCUT2D eigenvalue weighted by molar-refractivity contribution is 8.00. The Balaban J connectivity index is 1.44. The first-order valence-electron chi connectivity index (χ1n) is 10.2. The van der Waals surface area contributed by atoms with E-state index in [0.29, 0.717) is 17.3 Å². The number of pyridine rings is 1. The molecule has 29 heavy (non-hydrogen) atoms. The molecule has 4 rings (SSSR count). The van der Waals surface area contributed by atoms with Gasteiger partial charge in [0.15, 0.2) is 0 Å². The van der Waals surface area contributed by atoms with E-state index in [1.54, 1.807) is 11.8 Å². The lowest BCUT2D eigenvalue weighted by Gasteiger charge is -2.20. The highest BCUT2D eigenvalue weighted by Crippen LogP contribution is 2.36. The van der Waals surface area contributed by atoms with Crippen molar-refractivity contribution in [2.75, 3.05) is 12.3 Å². The zero-order chi connectivity index (χ0) is 20.2. The van der Waals surface area contributed by atoms with E-state index in [2.05, 4.69) is 36.5 Å². The number of carbonyl (C=O) groups is 1. The van der Waals surface area contributed by atoms with Crippen LogP contribution in [0.1, 0.15) is 35.2 Å². The highest BCUT2D eigenvalue weighted by atomic mass is 35.5. The van der Waals surface area contributed by atoms with Crippen molar-refractivity contribution in [3.63, 3.8) is 0 Å². The zero-order valence-electron chi connectivity index (χ0n) is 16.6. The van der Waals surface area contributed by atoms with E-state index in [1.807, 2.05) is 18.2 Å². The molecule has 0 saturated carbocycles. The van der Waals surface area contributed by atoms with Crippen molar-refractivity contribution in [3.05, 3.63) is 69.9 Å². The molecule has 0 bridgehead atoms. The monoisotopic (exact) mass is 424 g/mol. The van der Waals surface area contributed by atoms with Crippen LogP contribution in [0.15, 0.2) is 47.4 Å². The number of rotatable bonds is 6. The Morgan fingerprint density at radius 2 is 2.03 bits per heavy atom. The van der Waals surface area contributed by atoms with Crippen molar-refractivity contribution in [2.45, 2.75) is 43.9 Å². The van der Waals surface area contributed by atoms with Gasteiger partial charge in [-0.25, -0.2) is 0 Å². The second-order valence-corrected chi connectivity index (χ2v) is 9.03. The molecular formula is C24H25ClN2OS. The summed E-state index contributed by atoms with van der Waals surface area (Å²) in [5.74, 6) is 0.494. The van der Waals surface area contributed by atoms with Crippen molar-refractivity contribution in [1.82, 2.24) is 10.3 Å². The van der Waals surface area contributed by atoms with Gasteiger partial charge in [0.1, 0.15) is 0 Å². The van der Waals surface area contributed by atoms with E-state index in [9.17, 15) is 4.79 Å². The minimum Gasteiger partial charge on any atom is -0.355 e. The number of carbonyl (C=O) groups excluding carboxylic acids is 1. The van der Waals surface area contributed by atoms with Crippen LogP contribution in [0, 0.1) is 6.92 Å². The summed E-state index contributed by atoms with van der Waals surface area (Å²) in [6.45, 7) is 2.75. The van der Waals surface area contributed by atoms with Gasteiger partial charge in [-0.3, -0.25) is 9.78 Å². The first-order valence-corrected chi connectivity index (χ1v) is 11.5. The van der Waals surface area contributed by atoms with Crippen LogP contribution >= 0.6 is 23.4 Å². The van der Waals surface area contributed by atoms with Gasteiger partial charge >= 0.3 is 0 Å². The molecule has 1 aliphatic rings. The summed E-state index contributed by atoms with van der Waals surface area (Å²) in [6, 6.07) is 14.3. The molecule has 0 spiro atoms. The van der Waals surface area contributed by atoms with Gasteiger partial charge < -0.3 is 5.32 Å². The van der Waals surface area contributed by atoms with E-state index in [4.69, 9.17) is 16.6 Å². The Labute approximate surface area is 181 Å². The Morgan fingerprint density at radius 1 is 1.17 bits per heavy atom. The van der Waals surface area contributed by atoms with E-state index < -0.39 is 0 Å². The number of aryl methyl sites for hydroxylation is 2. The zero-order valence-corrected chi connectivity index (χ0v) is 18.2. The highest BCUT2D eigenvalue weighted by Gasteiger charge is 2.19. The molecule has 150 valence electrons. The summed E-state index contributed by atoms with van der Waals surface area (Å²) in [4.78, 5) is 18.5. The van der Waals surface area contributed by atoms with Crippen molar-refractivity contribution in [1.29, 1.82) is 0 Å². The number of benzene rings is 2. The summed E-state index contributed by atoms with van der Waals surface area (Å²) in [5, 5.41) is 4.87. The third-order valence-corrected chi connectivity index (χ3v) is 6.74. The molecule has 1 N–H and O–H groups in total. The maximum Gasteiger partial charge on any atom is 0.230 e. The summed E-state index contributed by atoms with van der Waals surface area (Å²) in [7, 11) is 0. The first kappa shape index (κ1) is 20.2. The number of hydrogen-bond donors (Lipinski definition) is 1. The Kier molecular flexibility index (Phi) is 6.41. The molecule has 0 unspecified atom stereocenters. The maximum absolute atomic E-state index is 12.5. The van der Waals surface area contributed by atoms with Gasteiger partial charge in [-0.05, 0) is 62.3 Å². The van der Waals surface area contributed by atoms with E-state index in [0.717, 1.165) is 30.2 Å². The van der Waals surface area contributed by atoms with E-state index >= 15 is 0 Å². The Morgan fingerprint density at radius 3 is 2.90 bits per heavy atom. The summed E-state index contributed by atoms with van der Waals surface area (Å²) in [5.41, 5.74) is 5.93. The van der Waals surface area contributed by atoms with Crippen LogP contribution < -0.4 is 5.32 Å². The molecule has 1 amide bonds. The average molecular weight is 425 g/mol. The van der Waals surface area contributed by atoms with E-state index in [-0.39, 0.29) is 5.91 Å². The minimum absolute atomic E-state index is 0.0751. The molecule has 0 fully saturated rings. The molecule has 3 aromatic rings. The van der Waals surface area contributed by atoms with Crippen LogP contribution in [0.5, 0.6) is 0 Å². The fraction of sp³-hybridized carbons (Fsp3) is 0.333. The third kappa shape index (κ3) is 4.93. The van der Waals surface area contributed by atoms with Gasteiger partial charge in [0.05, 0.1) is 11.3 Å². The normalized spacial score (nSPS) is 13.3. The molecule has 1 aromatic heterocycles. The number of aromatic nitrogens is 1. The topological polar surface area (TPSA) is 42.0 Å². The van der Waals surface area contributed by atoms with Crippen molar-refractivity contribution in [3.8, 4) is 0 Å². The van der Waals surface area contributed by atoms with Crippen LogP contribution in [0.25, 0.3) is 10.9 Å². The van der Waals surface area contributed by atoms with Crippen molar-refractivity contribution >= 4 is 40.2 Å². The van der Waals surface area contributed by atoms with Gasteiger partial charge in [0, 0.05) is 27.5 Å². The number of halogens is 1. The fourth-order valence-corrected chi connectivity index (χ4v) is 5.19. The molecule has 0 radical (unpaired) electrons. The lowest BCUT2D eigenvalue weighted by atomic mass is 9.94. The smallest absolute Gasteiger partial charge is 0.230 e. The van der Waals surface area contributed by atoms with Crippen LogP contribution in [-0.4, -0.2) is 23.2 Å². The van der Waals surface area contributed by atoms with Gasteiger partial charge in [-0.2, -0.15) is 0 Å². The molecule has 0 saturated heterocycles. The van der Waals surface area contributed by atoms with Crippen LogP contribution in [-0.2, 0) is 24.1 Å². The second kappa shape index (κ2) is 9.19. The number of hydrogen-bond acceptors (Lipinski definition) is 3. The molecular weight excluding hydrogens is 400 g/mol. The number of thioether (sulfide) groups is 1. The second-order valence-electron chi connectivity index (χ2n) is 7.61. The van der Waals surface area contributed by atoms with Gasteiger partial charge in [0.2, 0.25) is 5.91 Å². The predicted molar refractivity (Wildman–Crippen MR) is 122 cm³/mol. The molecule has 0 aliphatic heterocycles. The number of nitrogens with zero attached hydrogens (tertiary/aromatic N) is 1. The Hall–Kier alpha value is -2.04. The minimum atomic E-state index is 0.0751. The Bertz CT molecular complexity index is 1050. The third-order valence-electron chi connectivity index (χ3n) is 5.34. The fourth-order valence-electron chi connectivity index (χ4n) is 3.92. The predicted octanol–water partition coefficient (Wildman–Crippen LogP) is 5.53. The lowest BCUT2D eigenvalue weighted by Crippen LogP contribution is -2.27. The quantitative estimate of drug-likeness (QED) is 0.529. The molecule has 0 atom stereocenters. The van der Waals surface area contributed by atoms with Crippen molar-refractivity contribution < 1.29 is 4.79 Å². The average Bonchev–Trinajstić information content (AvgIpc) is 2.71. The lowest BCUT2D eigenvalue weighted by molar-refractivity contribution is -0.118. The SMILES string of the molecule is Cc1cccc(CCNC(=O)CSc2c3c(nc4cc(Cl)ccc24)CCCC3)c1. The number of amides is 1. The van der Waals surface area contributed by atoms with Gasteiger partial charge in [-0.1, -0.05) is 47.5 Å². The van der Waals surface area contributed by atoms with Crippen LogP contribution in [0.2, 0.25) is 5.02 Å². The summed E-state index contributed by atoms with van der Waals surface area (Å²) < 4.78 is 0. The summed E-state index contributed by atoms with van der Waals surface area (Å²) >= 11 is 7.82. The van der Waals surface area contributed by atoms with Crippen LogP contribution in [0.4, 0.5) is 0 Å². The molecule has 1 heterocycles. The number of fused-ring (bicyclic) bond motifs is 2. The standard InChI is InChI=1S/C24H25ClN2OS/c1-16-5-4-6-17(13-16)11-12-26-23(28)15-29-24-19-7-2-3-8-21(19)27-22-14-18(25)9-10-20(22)24/h4-6,9-10,13-14H,2-3,7-8,11-12,15H2,1H3,(H,26,28). The first-order chi connectivity index (χ1) is 14.1. The van der Waals surface area contributed by atoms with E-state index in [1.165, 1.54) is 40.1 Å². The number of nitrogens with one attached hydrogen (secondary N) is 1. The maximum atomic E-state index is 12.5. The largest absolute Gasteiger partial charge is 0.355 e. The summed E-state index contributed by atoms with van der Waals surface area (Å²) in [6.07, 6.45) is 5.26.